The van der Waals surface area contributed by atoms with E-state index in [4.69, 9.17) is 4.98 Å². The maximum Gasteiger partial charge on any atom is 0.0994 e. The Morgan fingerprint density at radius 2 is 2.05 bits per heavy atom. The van der Waals surface area contributed by atoms with Crippen LogP contribution < -0.4 is 0 Å². The van der Waals surface area contributed by atoms with Gasteiger partial charge in [-0.3, -0.25) is 0 Å². The van der Waals surface area contributed by atoms with Gasteiger partial charge in [-0.15, -0.1) is 11.3 Å². The van der Waals surface area contributed by atoms with Crippen molar-refractivity contribution in [3.8, 4) is 0 Å². The van der Waals surface area contributed by atoms with Gasteiger partial charge in [0.05, 0.1) is 22.1 Å². The number of nitrogens with zero attached hydrogens (tertiary/aromatic N) is 3. The Kier molecular flexibility index (Phi) is 3.13. The van der Waals surface area contributed by atoms with Crippen molar-refractivity contribution in [1.82, 2.24) is 15.2 Å². The number of rotatable bonds is 4. The smallest absolute Gasteiger partial charge is 0.0994 e. The van der Waals surface area contributed by atoms with Crippen LogP contribution in [0.2, 0.25) is 0 Å². The Hall–Kier alpha value is -1.29. The molecule has 19 heavy (non-hydrogen) atoms. The molecule has 2 heterocycles. The number of thiazole rings is 1. The van der Waals surface area contributed by atoms with Crippen LogP contribution in [0.15, 0.2) is 17.5 Å². The van der Waals surface area contributed by atoms with Crippen molar-refractivity contribution < 1.29 is 0 Å². The zero-order valence-electron chi connectivity index (χ0n) is 11.7. The van der Waals surface area contributed by atoms with E-state index in [1.807, 2.05) is 24.3 Å². The van der Waals surface area contributed by atoms with Crippen LogP contribution >= 0.6 is 11.3 Å². The predicted octanol–water partition coefficient (Wildman–Crippen LogP) is 3.64. The summed E-state index contributed by atoms with van der Waals surface area (Å²) in [4.78, 5) is 4.83. The molecule has 0 N–H and O–H groups in total. The predicted molar refractivity (Wildman–Crippen MR) is 77.6 cm³/mol. The van der Waals surface area contributed by atoms with Crippen LogP contribution in [0.25, 0.3) is 0 Å². The molecule has 1 saturated carbocycles. The maximum absolute atomic E-state index is 4.83. The van der Waals surface area contributed by atoms with E-state index in [1.165, 1.54) is 23.5 Å². The van der Waals surface area contributed by atoms with E-state index < -0.39 is 0 Å². The zero-order valence-corrected chi connectivity index (χ0v) is 12.5. The molecule has 0 spiro atoms. The van der Waals surface area contributed by atoms with E-state index in [0.717, 1.165) is 17.8 Å². The third kappa shape index (κ3) is 2.54. The highest BCUT2D eigenvalue weighted by Gasteiger charge is 2.47. The molecule has 0 amide bonds. The van der Waals surface area contributed by atoms with Gasteiger partial charge < -0.3 is 0 Å². The maximum atomic E-state index is 4.83. The molecule has 2 aromatic rings. The number of hydrogen-bond donors (Lipinski definition) is 0. The van der Waals surface area contributed by atoms with E-state index in [-0.39, 0.29) is 5.41 Å². The quantitative estimate of drug-likeness (QED) is 0.853. The van der Waals surface area contributed by atoms with Gasteiger partial charge in [-0.05, 0) is 37.8 Å². The first-order valence-corrected chi connectivity index (χ1v) is 7.72. The zero-order chi connectivity index (χ0) is 13.5. The van der Waals surface area contributed by atoms with Crippen molar-refractivity contribution in [2.24, 2.45) is 0 Å². The van der Waals surface area contributed by atoms with Gasteiger partial charge in [0, 0.05) is 17.2 Å². The standard InChI is InChI=1S/C15H19N3S/c1-10(2)13-9-19-14(16-13)15(6-7-15)8-12-5-4-11(3)17-18-12/h4-5,9-10H,6-8H2,1-3H3. The van der Waals surface area contributed by atoms with Gasteiger partial charge in [-0.2, -0.15) is 10.2 Å². The summed E-state index contributed by atoms with van der Waals surface area (Å²) in [5, 5.41) is 11.9. The molecule has 0 aromatic carbocycles. The highest BCUT2D eigenvalue weighted by molar-refractivity contribution is 7.09. The van der Waals surface area contributed by atoms with Crippen LogP contribution in [0.1, 0.15) is 54.7 Å². The molecule has 2 aromatic heterocycles. The Balaban J connectivity index is 1.80. The highest BCUT2D eigenvalue weighted by atomic mass is 32.1. The molecule has 1 aliphatic rings. The van der Waals surface area contributed by atoms with Crippen molar-refractivity contribution >= 4 is 11.3 Å². The monoisotopic (exact) mass is 273 g/mol. The topological polar surface area (TPSA) is 38.7 Å². The van der Waals surface area contributed by atoms with Crippen molar-refractivity contribution in [1.29, 1.82) is 0 Å². The lowest BCUT2D eigenvalue weighted by Gasteiger charge is -2.11. The van der Waals surface area contributed by atoms with Crippen LogP contribution in [-0.2, 0) is 11.8 Å². The van der Waals surface area contributed by atoms with Crippen LogP contribution in [0, 0.1) is 6.92 Å². The SMILES string of the molecule is Cc1ccc(CC2(c3nc(C(C)C)cs3)CC2)nn1. The van der Waals surface area contributed by atoms with E-state index in [9.17, 15) is 0 Å². The Bertz CT molecular complexity index is 567. The average Bonchev–Trinajstić information content (AvgIpc) is 2.98. The van der Waals surface area contributed by atoms with Crippen LogP contribution in [-0.4, -0.2) is 15.2 Å². The van der Waals surface area contributed by atoms with Crippen LogP contribution in [0.3, 0.4) is 0 Å². The largest absolute Gasteiger partial charge is 0.245 e. The van der Waals surface area contributed by atoms with E-state index in [0.29, 0.717) is 5.92 Å². The minimum absolute atomic E-state index is 0.252. The minimum atomic E-state index is 0.252. The summed E-state index contributed by atoms with van der Waals surface area (Å²) in [6.07, 6.45) is 3.44. The van der Waals surface area contributed by atoms with Gasteiger partial charge >= 0.3 is 0 Å². The van der Waals surface area contributed by atoms with E-state index >= 15 is 0 Å². The van der Waals surface area contributed by atoms with Gasteiger partial charge in [0.1, 0.15) is 0 Å². The van der Waals surface area contributed by atoms with Gasteiger partial charge in [0.15, 0.2) is 0 Å². The molecule has 0 unspecified atom stereocenters. The van der Waals surface area contributed by atoms with E-state index in [2.05, 4.69) is 35.5 Å². The molecule has 0 atom stereocenters. The minimum Gasteiger partial charge on any atom is -0.245 e. The molecule has 0 radical (unpaired) electrons. The summed E-state index contributed by atoms with van der Waals surface area (Å²) in [6, 6.07) is 4.14. The van der Waals surface area contributed by atoms with Crippen molar-refractivity contribution in [3.63, 3.8) is 0 Å². The average molecular weight is 273 g/mol. The second kappa shape index (κ2) is 4.67. The molecule has 1 fully saturated rings. The first kappa shape index (κ1) is 12.7. The summed E-state index contributed by atoms with van der Waals surface area (Å²) in [6.45, 7) is 6.37. The normalized spacial score (nSPS) is 16.8. The Morgan fingerprint density at radius 3 is 2.58 bits per heavy atom. The fourth-order valence-electron chi connectivity index (χ4n) is 2.28. The third-order valence-corrected chi connectivity index (χ3v) is 4.90. The fourth-order valence-corrected chi connectivity index (χ4v) is 3.52. The molecule has 4 heteroatoms. The van der Waals surface area contributed by atoms with Crippen molar-refractivity contribution in [2.45, 2.75) is 51.4 Å². The molecule has 0 bridgehead atoms. The Morgan fingerprint density at radius 1 is 1.26 bits per heavy atom. The molecular formula is C15H19N3S. The Labute approximate surface area is 118 Å². The van der Waals surface area contributed by atoms with Gasteiger partial charge in [0.25, 0.3) is 0 Å². The van der Waals surface area contributed by atoms with Gasteiger partial charge in [-0.25, -0.2) is 4.98 Å². The lowest BCUT2D eigenvalue weighted by Crippen LogP contribution is -2.12. The highest BCUT2D eigenvalue weighted by Crippen LogP contribution is 2.51. The summed E-state index contributed by atoms with van der Waals surface area (Å²) < 4.78 is 0. The molecule has 1 aliphatic carbocycles. The van der Waals surface area contributed by atoms with Crippen molar-refractivity contribution in [3.05, 3.63) is 39.6 Å². The lowest BCUT2D eigenvalue weighted by atomic mass is 10.0. The third-order valence-electron chi connectivity index (χ3n) is 3.79. The first-order valence-electron chi connectivity index (χ1n) is 6.84. The van der Waals surface area contributed by atoms with Gasteiger partial charge in [-0.1, -0.05) is 13.8 Å². The fraction of sp³-hybridized carbons (Fsp3) is 0.533. The number of aryl methyl sites for hydroxylation is 1. The number of hydrogen-bond acceptors (Lipinski definition) is 4. The number of aromatic nitrogens is 3. The molecule has 0 saturated heterocycles. The first-order chi connectivity index (χ1) is 9.09. The summed E-state index contributed by atoms with van der Waals surface area (Å²) >= 11 is 1.81. The summed E-state index contributed by atoms with van der Waals surface area (Å²) in [5.74, 6) is 0.514. The molecule has 3 rings (SSSR count). The second-order valence-electron chi connectivity index (χ2n) is 5.86. The molecule has 3 nitrogen and oxygen atoms in total. The molecular weight excluding hydrogens is 254 g/mol. The van der Waals surface area contributed by atoms with Gasteiger partial charge in [0.2, 0.25) is 0 Å². The van der Waals surface area contributed by atoms with E-state index in [1.54, 1.807) is 0 Å². The van der Waals surface area contributed by atoms with Crippen LogP contribution in [0.5, 0.6) is 0 Å². The summed E-state index contributed by atoms with van der Waals surface area (Å²) in [7, 11) is 0. The second-order valence-corrected chi connectivity index (χ2v) is 6.71. The van der Waals surface area contributed by atoms with Crippen molar-refractivity contribution in [2.75, 3.05) is 0 Å². The lowest BCUT2D eigenvalue weighted by molar-refractivity contribution is 0.650. The molecule has 0 aliphatic heterocycles. The van der Waals surface area contributed by atoms with Crippen LogP contribution in [0.4, 0.5) is 0 Å². The summed E-state index contributed by atoms with van der Waals surface area (Å²) in [5.41, 5.74) is 3.54. The molecule has 100 valence electrons.